The van der Waals surface area contributed by atoms with Gasteiger partial charge in [0.1, 0.15) is 0 Å². The van der Waals surface area contributed by atoms with Gasteiger partial charge in [-0.15, -0.1) is 11.8 Å². The molecular formula is C19H22N4O3S2. The minimum Gasteiger partial charge on any atom is -0.369 e. The number of hydrogen-bond acceptors (Lipinski definition) is 6. The highest BCUT2D eigenvalue weighted by Crippen LogP contribution is 2.34. The third kappa shape index (κ3) is 4.71. The van der Waals surface area contributed by atoms with Crippen LogP contribution in [0.2, 0.25) is 0 Å². The molecule has 0 fully saturated rings. The smallest absolute Gasteiger partial charge is 0.228 e. The molecule has 2 heterocycles. The third-order valence-corrected chi connectivity index (χ3v) is 7.00. The van der Waals surface area contributed by atoms with Crippen LogP contribution in [0.15, 0.2) is 28.5 Å². The van der Waals surface area contributed by atoms with Crippen molar-refractivity contribution in [1.82, 2.24) is 9.88 Å². The van der Waals surface area contributed by atoms with Gasteiger partial charge in [0.15, 0.2) is 5.13 Å². The second kappa shape index (κ2) is 8.74. The molecule has 1 aromatic carbocycles. The zero-order valence-electron chi connectivity index (χ0n) is 15.7. The molecule has 1 aliphatic heterocycles. The molecule has 3 N–H and O–H groups in total. The number of aryl methyl sites for hydroxylation is 1. The maximum atomic E-state index is 12.7. The van der Waals surface area contributed by atoms with Crippen LogP contribution in [0, 0.1) is 6.92 Å². The standard InChI is InChI=1S/C19H22N4O3S2/c1-11-18(27-10-16(20)25)28-19(21-11)22-17(26)9-15-14-6-4-3-5-13(14)7-8-23(15)12(2)24/h3-6,15H,7-10H2,1-2H3,(H2,20,25)(H,21,22,26). The number of nitrogens with zero attached hydrogens (tertiary/aromatic N) is 2. The van der Waals surface area contributed by atoms with Crippen LogP contribution in [-0.4, -0.2) is 39.9 Å². The summed E-state index contributed by atoms with van der Waals surface area (Å²) in [6.45, 7) is 3.96. The van der Waals surface area contributed by atoms with Gasteiger partial charge in [0.2, 0.25) is 17.7 Å². The Morgan fingerprint density at radius 3 is 2.82 bits per heavy atom. The number of thioether (sulfide) groups is 1. The van der Waals surface area contributed by atoms with Crippen molar-refractivity contribution in [1.29, 1.82) is 0 Å². The molecule has 0 saturated heterocycles. The van der Waals surface area contributed by atoms with Crippen molar-refractivity contribution >= 4 is 46.0 Å². The lowest BCUT2D eigenvalue weighted by Gasteiger charge is -2.36. The van der Waals surface area contributed by atoms with Crippen molar-refractivity contribution in [2.24, 2.45) is 5.73 Å². The number of carbonyl (C=O) groups is 3. The molecule has 28 heavy (non-hydrogen) atoms. The quantitative estimate of drug-likeness (QED) is 0.701. The second-order valence-electron chi connectivity index (χ2n) is 6.58. The van der Waals surface area contributed by atoms with Crippen LogP contribution >= 0.6 is 23.1 Å². The number of nitrogens with one attached hydrogen (secondary N) is 1. The Balaban J connectivity index is 1.72. The molecule has 7 nitrogen and oxygen atoms in total. The first kappa shape index (κ1) is 20.3. The predicted octanol–water partition coefficient (Wildman–Crippen LogP) is 2.50. The summed E-state index contributed by atoms with van der Waals surface area (Å²) in [5, 5.41) is 3.31. The molecule has 0 saturated carbocycles. The van der Waals surface area contributed by atoms with Gasteiger partial charge in [0.25, 0.3) is 0 Å². The second-order valence-corrected chi connectivity index (χ2v) is 8.82. The summed E-state index contributed by atoms with van der Waals surface area (Å²) in [5.74, 6) is -0.470. The van der Waals surface area contributed by atoms with Crippen molar-refractivity contribution in [3.63, 3.8) is 0 Å². The van der Waals surface area contributed by atoms with Crippen molar-refractivity contribution in [3.8, 4) is 0 Å². The lowest BCUT2D eigenvalue weighted by molar-refractivity contribution is -0.132. The van der Waals surface area contributed by atoms with Gasteiger partial charge in [-0.05, 0) is 24.5 Å². The first-order valence-electron chi connectivity index (χ1n) is 8.88. The van der Waals surface area contributed by atoms with E-state index in [1.165, 1.54) is 35.6 Å². The molecule has 148 valence electrons. The van der Waals surface area contributed by atoms with Gasteiger partial charge >= 0.3 is 0 Å². The van der Waals surface area contributed by atoms with E-state index in [0.29, 0.717) is 11.7 Å². The molecule has 0 aliphatic carbocycles. The number of nitrogens with two attached hydrogens (primary N) is 1. The number of carbonyl (C=O) groups excluding carboxylic acids is 3. The molecular weight excluding hydrogens is 396 g/mol. The Kier molecular flexibility index (Phi) is 6.35. The lowest BCUT2D eigenvalue weighted by Crippen LogP contribution is -2.40. The maximum absolute atomic E-state index is 12.7. The topological polar surface area (TPSA) is 105 Å². The number of benzene rings is 1. The minimum atomic E-state index is -0.399. The highest BCUT2D eigenvalue weighted by Gasteiger charge is 2.30. The molecule has 9 heteroatoms. The number of primary amides is 1. The molecule has 1 unspecified atom stereocenters. The third-order valence-electron chi connectivity index (χ3n) is 4.54. The van der Waals surface area contributed by atoms with Gasteiger partial charge < -0.3 is 16.0 Å². The van der Waals surface area contributed by atoms with Crippen LogP contribution in [0.4, 0.5) is 5.13 Å². The first-order valence-corrected chi connectivity index (χ1v) is 10.7. The van der Waals surface area contributed by atoms with Crippen LogP contribution in [0.25, 0.3) is 0 Å². The molecule has 1 aliphatic rings. The summed E-state index contributed by atoms with van der Waals surface area (Å²) < 4.78 is 0.850. The van der Waals surface area contributed by atoms with Crippen LogP contribution in [0.5, 0.6) is 0 Å². The van der Waals surface area contributed by atoms with E-state index in [0.717, 1.165) is 21.9 Å². The zero-order chi connectivity index (χ0) is 20.3. The average molecular weight is 419 g/mol. The first-order chi connectivity index (χ1) is 13.3. The van der Waals surface area contributed by atoms with Crippen molar-refractivity contribution in [2.45, 2.75) is 36.9 Å². The van der Waals surface area contributed by atoms with Gasteiger partial charge in [-0.2, -0.15) is 0 Å². The van der Waals surface area contributed by atoms with Crippen molar-refractivity contribution in [2.75, 3.05) is 17.6 Å². The van der Waals surface area contributed by atoms with Gasteiger partial charge in [-0.1, -0.05) is 35.6 Å². The normalized spacial score (nSPS) is 15.8. The highest BCUT2D eigenvalue weighted by atomic mass is 32.2. The van der Waals surface area contributed by atoms with Gasteiger partial charge in [0, 0.05) is 13.5 Å². The Morgan fingerprint density at radius 1 is 1.36 bits per heavy atom. The molecule has 1 aromatic heterocycles. The fourth-order valence-electron chi connectivity index (χ4n) is 3.30. The van der Waals surface area contributed by atoms with Crippen molar-refractivity contribution in [3.05, 3.63) is 41.1 Å². The molecule has 3 amide bonds. The Morgan fingerprint density at radius 2 is 2.11 bits per heavy atom. The van der Waals surface area contributed by atoms with Gasteiger partial charge in [-0.3, -0.25) is 14.4 Å². The van der Waals surface area contributed by atoms with Crippen molar-refractivity contribution < 1.29 is 14.4 Å². The van der Waals surface area contributed by atoms with E-state index in [1.807, 2.05) is 31.2 Å². The summed E-state index contributed by atoms with van der Waals surface area (Å²) >= 11 is 2.63. The van der Waals surface area contributed by atoms with Crippen LogP contribution in [0.3, 0.4) is 0 Å². The number of rotatable bonds is 6. The van der Waals surface area contributed by atoms with E-state index < -0.39 is 5.91 Å². The number of aromatic nitrogens is 1. The number of amides is 3. The minimum absolute atomic E-state index is 0.0393. The molecule has 0 radical (unpaired) electrons. The monoisotopic (exact) mass is 418 g/mol. The molecule has 0 bridgehead atoms. The molecule has 3 rings (SSSR count). The molecule has 2 aromatic rings. The Bertz CT molecular complexity index is 912. The van der Waals surface area contributed by atoms with Gasteiger partial charge in [0.05, 0.1) is 28.1 Å². The van der Waals surface area contributed by atoms with E-state index in [9.17, 15) is 14.4 Å². The fraction of sp³-hybridized carbons (Fsp3) is 0.368. The average Bonchev–Trinajstić information content (AvgIpc) is 2.99. The lowest BCUT2D eigenvalue weighted by atomic mass is 9.90. The maximum Gasteiger partial charge on any atom is 0.228 e. The Labute approximate surface area is 171 Å². The number of hydrogen-bond donors (Lipinski definition) is 2. The van der Waals surface area contributed by atoms with E-state index in [1.54, 1.807) is 4.90 Å². The van der Waals surface area contributed by atoms with Crippen LogP contribution in [0.1, 0.15) is 36.2 Å². The summed E-state index contributed by atoms with van der Waals surface area (Å²) in [4.78, 5) is 41.8. The number of thiazole rings is 1. The van der Waals surface area contributed by atoms with Gasteiger partial charge in [-0.25, -0.2) is 4.98 Å². The van der Waals surface area contributed by atoms with E-state index >= 15 is 0 Å². The number of anilines is 1. The summed E-state index contributed by atoms with van der Waals surface area (Å²) in [7, 11) is 0. The van der Waals surface area contributed by atoms with Crippen LogP contribution in [-0.2, 0) is 20.8 Å². The van der Waals surface area contributed by atoms with E-state index in [4.69, 9.17) is 5.73 Å². The largest absolute Gasteiger partial charge is 0.369 e. The molecule has 1 atom stereocenters. The van der Waals surface area contributed by atoms with E-state index in [2.05, 4.69) is 10.3 Å². The predicted molar refractivity (Wildman–Crippen MR) is 110 cm³/mol. The summed E-state index contributed by atoms with van der Waals surface area (Å²) in [6.07, 6.45) is 0.957. The van der Waals surface area contributed by atoms with Crippen LogP contribution < -0.4 is 11.1 Å². The zero-order valence-corrected chi connectivity index (χ0v) is 17.4. The molecule has 0 spiro atoms. The SMILES string of the molecule is CC(=O)N1CCc2ccccc2C1CC(=O)Nc1nc(C)c(SCC(N)=O)s1. The fourth-order valence-corrected chi connectivity index (χ4v) is 5.19. The summed E-state index contributed by atoms with van der Waals surface area (Å²) in [5.41, 5.74) is 8.13. The number of fused-ring (bicyclic) bond motifs is 1. The highest BCUT2D eigenvalue weighted by molar-refractivity contribution is 8.01. The van der Waals surface area contributed by atoms with E-state index in [-0.39, 0.29) is 30.0 Å². The Hall–Kier alpha value is -2.39. The summed E-state index contributed by atoms with van der Waals surface area (Å²) in [6, 6.07) is 7.65.